The summed E-state index contributed by atoms with van der Waals surface area (Å²) < 4.78 is 11.7. The number of methoxy groups -OCH3 is 2. The van der Waals surface area contributed by atoms with Crippen LogP contribution in [0.3, 0.4) is 0 Å². The number of carbonyl (C=O) groups excluding carboxylic acids is 2. The minimum Gasteiger partial charge on any atom is -0.493 e. The molecule has 1 aromatic heterocycles. The number of ether oxygens (including phenoxy) is 2. The molecule has 0 fully saturated rings. The number of benzene rings is 2. The normalized spacial score (nSPS) is 10.5. The zero-order valence-electron chi connectivity index (χ0n) is 17.6. The summed E-state index contributed by atoms with van der Waals surface area (Å²) in [5.74, 6) is 0.225. The highest BCUT2D eigenvalue weighted by Gasteiger charge is 2.17. The summed E-state index contributed by atoms with van der Waals surface area (Å²) in [5.41, 5.74) is 5.46. The second-order valence-electron chi connectivity index (χ2n) is 6.71. The average Bonchev–Trinajstić information content (AvgIpc) is 2.81. The number of aryl methyl sites for hydroxylation is 2. The molecule has 162 valence electrons. The lowest BCUT2D eigenvalue weighted by Gasteiger charge is -2.11. The van der Waals surface area contributed by atoms with E-state index in [0.717, 1.165) is 5.56 Å². The third-order valence-corrected chi connectivity index (χ3v) is 4.79. The van der Waals surface area contributed by atoms with E-state index in [1.54, 1.807) is 57.5 Å². The van der Waals surface area contributed by atoms with Gasteiger partial charge in [-0.15, -0.1) is 0 Å². The quantitative estimate of drug-likeness (QED) is 0.560. The summed E-state index contributed by atoms with van der Waals surface area (Å²) in [6, 6.07) is 12.2. The lowest BCUT2D eigenvalue weighted by Crippen LogP contribution is -2.42. The van der Waals surface area contributed by atoms with Crippen molar-refractivity contribution in [3.8, 4) is 11.5 Å². The average molecular weight is 424 g/mol. The van der Waals surface area contributed by atoms with Crippen LogP contribution >= 0.6 is 0 Å². The Morgan fingerprint density at radius 1 is 1.00 bits per heavy atom. The van der Waals surface area contributed by atoms with Crippen LogP contribution in [-0.4, -0.2) is 35.8 Å². The van der Waals surface area contributed by atoms with Crippen LogP contribution < -0.4 is 25.9 Å². The van der Waals surface area contributed by atoms with Gasteiger partial charge >= 0.3 is 0 Å². The summed E-state index contributed by atoms with van der Waals surface area (Å²) in [7, 11) is 3.10. The SMILES string of the molecule is CCn1nc(C(=O)NNC(=O)CCc2ccc(OC)c(OC)c2)c2ccccc2c1=O. The molecule has 1 heterocycles. The van der Waals surface area contributed by atoms with Crippen LogP contribution in [0, 0.1) is 0 Å². The Labute approximate surface area is 178 Å². The zero-order valence-corrected chi connectivity index (χ0v) is 17.6. The summed E-state index contributed by atoms with van der Waals surface area (Å²) in [4.78, 5) is 37.2. The van der Waals surface area contributed by atoms with E-state index in [1.165, 1.54) is 4.68 Å². The van der Waals surface area contributed by atoms with Crippen LogP contribution in [0.5, 0.6) is 11.5 Å². The highest BCUT2D eigenvalue weighted by atomic mass is 16.5. The fraction of sp³-hybridized carbons (Fsp3) is 0.273. The summed E-state index contributed by atoms with van der Waals surface area (Å²) in [5, 5.41) is 4.96. The number of carbonyl (C=O) groups is 2. The second kappa shape index (κ2) is 9.75. The van der Waals surface area contributed by atoms with Crippen molar-refractivity contribution in [2.75, 3.05) is 14.2 Å². The molecule has 3 rings (SSSR count). The van der Waals surface area contributed by atoms with Crippen molar-refractivity contribution in [3.63, 3.8) is 0 Å². The van der Waals surface area contributed by atoms with Gasteiger partial charge in [0.2, 0.25) is 5.91 Å². The van der Waals surface area contributed by atoms with Crippen LogP contribution in [-0.2, 0) is 17.8 Å². The third kappa shape index (κ3) is 4.82. The maximum Gasteiger partial charge on any atom is 0.290 e. The summed E-state index contributed by atoms with van der Waals surface area (Å²) in [6.07, 6.45) is 0.600. The molecular weight excluding hydrogens is 400 g/mol. The topological polar surface area (TPSA) is 112 Å². The largest absolute Gasteiger partial charge is 0.493 e. The van der Waals surface area contributed by atoms with Gasteiger partial charge in [0, 0.05) is 18.4 Å². The summed E-state index contributed by atoms with van der Waals surface area (Å²) in [6.45, 7) is 2.09. The number of fused-ring (bicyclic) bond motifs is 1. The smallest absolute Gasteiger partial charge is 0.290 e. The van der Waals surface area contributed by atoms with Crippen molar-refractivity contribution in [1.29, 1.82) is 0 Å². The number of nitrogens with zero attached hydrogens (tertiary/aromatic N) is 2. The first-order chi connectivity index (χ1) is 15.0. The first-order valence-corrected chi connectivity index (χ1v) is 9.78. The molecule has 0 saturated heterocycles. The van der Waals surface area contributed by atoms with E-state index in [2.05, 4.69) is 16.0 Å². The fourth-order valence-electron chi connectivity index (χ4n) is 3.16. The van der Waals surface area contributed by atoms with E-state index in [-0.39, 0.29) is 23.6 Å². The minimum absolute atomic E-state index is 0.0669. The molecule has 0 bridgehead atoms. The Morgan fingerprint density at radius 2 is 1.71 bits per heavy atom. The predicted octanol–water partition coefficient (Wildman–Crippen LogP) is 1.83. The van der Waals surface area contributed by atoms with Crippen molar-refractivity contribution in [2.24, 2.45) is 0 Å². The second-order valence-corrected chi connectivity index (χ2v) is 6.71. The number of amides is 2. The monoisotopic (exact) mass is 424 g/mol. The lowest BCUT2D eigenvalue weighted by atomic mass is 10.1. The van der Waals surface area contributed by atoms with Crippen LogP contribution in [0.2, 0.25) is 0 Å². The van der Waals surface area contributed by atoms with Gasteiger partial charge in [-0.05, 0) is 37.1 Å². The molecule has 0 aliphatic heterocycles. The molecule has 0 aliphatic rings. The first kappa shape index (κ1) is 21.8. The number of aromatic nitrogens is 2. The molecule has 0 spiro atoms. The van der Waals surface area contributed by atoms with E-state index in [4.69, 9.17) is 9.47 Å². The molecule has 3 aromatic rings. The van der Waals surface area contributed by atoms with E-state index < -0.39 is 5.91 Å². The number of rotatable bonds is 7. The van der Waals surface area contributed by atoms with Crippen molar-refractivity contribution < 1.29 is 19.1 Å². The highest BCUT2D eigenvalue weighted by molar-refractivity contribution is 6.05. The standard InChI is InChI=1S/C22H24N4O5/c1-4-26-22(29)16-8-6-5-7-15(16)20(25-26)21(28)24-23-19(27)12-10-14-9-11-17(30-2)18(13-14)31-3/h5-9,11,13H,4,10,12H2,1-3H3,(H,23,27)(H,24,28). The Bertz CT molecular complexity index is 1170. The highest BCUT2D eigenvalue weighted by Crippen LogP contribution is 2.27. The lowest BCUT2D eigenvalue weighted by molar-refractivity contribution is -0.121. The molecule has 9 heteroatoms. The van der Waals surface area contributed by atoms with Gasteiger partial charge in [-0.1, -0.05) is 24.3 Å². The van der Waals surface area contributed by atoms with E-state index in [0.29, 0.717) is 35.2 Å². The predicted molar refractivity (Wildman–Crippen MR) is 115 cm³/mol. The molecule has 2 amide bonds. The molecule has 0 unspecified atom stereocenters. The van der Waals surface area contributed by atoms with Crippen molar-refractivity contribution >= 4 is 22.6 Å². The zero-order chi connectivity index (χ0) is 22.4. The first-order valence-electron chi connectivity index (χ1n) is 9.78. The van der Waals surface area contributed by atoms with Crippen LogP contribution in [0.1, 0.15) is 29.4 Å². The molecule has 31 heavy (non-hydrogen) atoms. The number of hydrogen-bond acceptors (Lipinski definition) is 6. The molecule has 0 saturated carbocycles. The Hall–Kier alpha value is -3.88. The van der Waals surface area contributed by atoms with Gasteiger partial charge in [0.15, 0.2) is 17.2 Å². The van der Waals surface area contributed by atoms with Crippen molar-refractivity contribution in [1.82, 2.24) is 20.6 Å². The molecule has 2 aromatic carbocycles. The molecule has 2 N–H and O–H groups in total. The Balaban J connectivity index is 1.65. The van der Waals surface area contributed by atoms with Gasteiger partial charge in [-0.2, -0.15) is 5.10 Å². The molecular formula is C22H24N4O5. The maximum atomic E-state index is 12.6. The van der Waals surface area contributed by atoms with Crippen LogP contribution in [0.15, 0.2) is 47.3 Å². The minimum atomic E-state index is -0.599. The third-order valence-electron chi connectivity index (χ3n) is 4.79. The Morgan fingerprint density at radius 3 is 2.39 bits per heavy atom. The molecule has 9 nitrogen and oxygen atoms in total. The van der Waals surface area contributed by atoms with Crippen LogP contribution in [0.25, 0.3) is 10.8 Å². The van der Waals surface area contributed by atoms with Gasteiger partial charge in [-0.3, -0.25) is 25.2 Å². The molecule has 0 aliphatic carbocycles. The van der Waals surface area contributed by atoms with Crippen molar-refractivity contribution in [2.45, 2.75) is 26.3 Å². The van der Waals surface area contributed by atoms with Gasteiger partial charge in [-0.25, -0.2) is 4.68 Å². The fourth-order valence-corrected chi connectivity index (χ4v) is 3.16. The molecule has 0 atom stereocenters. The Kier molecular flexibility index (Phi) is 6.86. The van der Waals surface area contributed by atoms with Crippen molar-refractivity contribution in [3.05, 3.63) is 64.1 Å². The number of nitrogens with one attached hydrogen (secondary N) is 2. The van der Waals surface area contributed by atoms with Gasteiger partial charge in [0.25, 0.3) is 11.5 Å². The van der Waals surface area contributed by atoms with E-state index >= 15 is 0 Å². The number of hydrazine groups is 1. The van der Waals surface area contributed by atoms with E-state index in [1.807, 2.05) is 6.07 Å². The molecule has 0 radical (unpaired) electrons. The van der Waals surface area contributed by atoms with Crippen LogP contribution in [0.4, 0.5) is 0 Å². The number of hydrogen-bond donors (Lipinski definition) is 2. The van der Waals surface area contributed by atoms with Gasteiger partial charge in [0.05, 0.1) is 19.6 Å². The maximum absolute atomic E-state index is 12.6. The van der Waals surface area contributed by atoms with Gasteiger partial charge < -0.3 is 9.47 Å². The summed E-state index contributed by atoms with van der Waals surface area (Å²) >= 11 is 0. The van der Waals surface area contributed by atoms with Gasteiger partial charge in [0.1, 0.15) is 0 Å². The van der Waals surface area contributed by atoms with E-state index in [9.17, 15) is 14.4 Å².